The number of carbonyl (C=O) groups is 1. The van der Waals surface area contributed by atoms with Crippen LogP contribution in [0.25, 0.3) is 0 Å². The molecule has 2 aromatic rings. The van der Waals surface area contributed by atoms with Gasteiger partial charge >= 0.3 is 5.97 Å². The number of hydrogen-bond donors (Lipinski definition) is 1. The second kappa shape index (κ2) is 9.13. The predicted molar refractivity (Wildman–Crippen MR) is 124 cm³/mol. The molecule has 1 heterocycles. The molecule has 5 nitrogen and oxygen atoms in total. The van der Waals surface area contributed by atoms with Crippen LogP contribution in [-0.4, -0.2) is 42.2 Å². The van der Waals surface area contributed by atoms with Crippen LogP contribution in [0.2, 0.25) is 5.02 Å². The Morgan fingerprint density at radius 3 is 2.34 bits per heavy atom. The Labute approximate surface area is 194 Å². The minimum atomic E-state index is -0.809. The molecule has 2 fully saturated rings. The maximum Gasteiger partial charge on any atom is 0.314 e. The Bertz CT molecular complexity index is 1000. The first kappa shape index (κ1) is 22.6. The van der Waals surface area contributed by atoms with Gasteiger partial charge in [-0.15, -0.1) is 0 Å². The molecule has 2 aromatic carbocycles. The summed E-state index contributed by atoms with van der Waals surface area (Å²) in [6.45, 7) is 1.51. The third kappa shape index (κ3) is 3.98. The van der Waals surface area contributed by atoms with E-state index in [4.69, 9.17) is 16.3 Å². The fourth-order valence-corrected chi connectivity index (χ4v) is 5.78. The van der Waals surface area contributed by atoms with Crippen molar-refractivity contribution in [1.29, 1.82) is 5.26 Å². The number of carboxylic acid groups (broad SMARTS) is 1. The maximum atomic E-state index is 12.3. The van der Waals surface area contributed by atoms with E-state index in [9.17, 15) is 15.2 Å². The van der Waals surface area contributed by atoms with Gasteiger partial charge in [0.25, 0.3) is 0 Å². The molecule has 1 aliphatic carbocycles. The normalized spacial score (nSPS) is 25.6. The van der Waals surface area contributed by atoms with E-state index in [0.29, 0.717) is 29.7 Å². The number of hydrogen-bond acceptors (Lipinski definition) is 4. The van der Waals surface area contributed by atoms with E-state index in [1.807, 2.05) is 42.5 Å². The molecule has 0 bridgehead atoms. The Morgan fingerprint density at radius 2 is 1.78 bits per heavy atom. The second-order valence-electron chi connectivity index (χ2n) is 9.06. The summed E-state index contributed by atoms with van der Waals surface area (Å²) in [6, 6.07) is 18.1. The molecule has 0 atom stereocenters. The molecule has 1 aliphatic heterocycles. The molecule has 0 radical (unpaired) electrons. The number of ether oxygens (including phenoxy) is 1. The summed E-state index contributed by atoms with van der Waals surface area (Å²) in [7, 11) is 1.62. The highest BCUT2D eigenvalue weighted by Crippen LogP contribution is 2.46. The SMILES string of the molecule is COc1ccc(Cl)cc1C1(C#N)CCC(N2CCC(C(=O)O)(c3ccccc3)CC2)CC1. The van der Waals surface area contributed by atoms with Crippen molar-refractivity contribution < 1.29 is 14.6 Å². The number of benzene rings is 2. The number of piperidine rings is 1. The van der Waals surface area contributed by atoms with Gasteiger partial charge in [-0.1, -0.05) is 41.9 Å². The first-order valence-corrected chi connectivity index (χ1v) is 11.6. The molecule has 0 amide bonds. The van der Waals surface area contributed by atoms with Crippen molar-refractivity contribution in [3.05, 3.63) is 64.7 Å². The summed E-state index contributed by atoms with van der Waals surface area (Å²) in [5, 5.41) is 20.8. The first-order valence-electron chi connectivity index (χ1n) is 11.2. The van der Waals surface area contributed by atoms with Crippen LogP contribution in [0.15, 0.2) is 48.5 Å². The predicted octanol–water partition coefficient (Wildman–Crippen LogP) is 5.17. The minimum absolute atomic E-state index is 0.365. The number of nitriles is 1. The van der Waals surface area contributed by atoms with Crippen LogP contribution in [0.1, 0.15) is 49.7 Å². The summed E-state index contributed by atoms with van der Waals surface area (Å²) in [6.07, 6.45) is 4.49. The average molecular weight is 453 g/mol. The van der Waals surface area contributed by atoms with Crippen LogP contribution in [0.4, 0.5) is 0 Å². The lowest BCUT2D eigenvalue weighted by Gasteiger charge is -2.45. The van der Waals surface area contributed by atoms with Crippen molar-refractivity contribution in [2.24, 2.45) is 0 Å². The maximum absolute atomic E-state index is 12.3. The highest BCUT2D eigenvalue weighted by molar-refractivity contribution is 6.30. The Balaban J connectivity index is 1.46. The van der Waals surface area contributed by atoms with Gasteiger partial charge in [0.1, 0.15) is 5.75 Å². The van der Waals surface area contributed by atoms with Gasteiger partial charge in [-0.3, -0.25) is 4.79 Å². The van der Waals surface area contributed by atoms with E-state index < -0.39 is 16.8 Å². The Morgan fingerprint density at radius 1 is 1.12 bits per heavy atom. The zero-order chi connectivity index (χ0) is 22.8. The second-order valence-corrected chi connectivity index (χ2v) is 9.50. The molecule has 2 aliphatic rings. The third-order valence-corrected chi connectivity index (χ3v) is 7.84. The van der Waals surface area contributed by atoms with Gasteiger partial charge in [0.15, 0.2) is 0 Å². The Hall–Kier alpha value is -2.55. The van der Waals surface area contributed by atoms with E-state index >= 15 is 0 Å². The molecule has 0 aromatic heterocycles. The Kier molecular flexibility index (Phi) is 6.46. The number of aliphatic carboxylic acids is 1. The lowest BCUT2D eigenvalue weighted by Crippen LogP contribution is -2.51. The number of likely N-dealkylation sites (tertiary alicyclic amines) is 1. The molecule has 1 saturated carbocycles. The standard InChI is InChI=1S/C26H29ClN2O3/c1-32-23-8-7-20(27)17-22(23)25(18-28)11-9-21(10-12-25)29-15-13-26(14-16-29,24(30)31)19-5-3-2-4-6-19/h2-8,17,21H,9-16H2,1H3,(H,30,31). The van der Waals surface area contributed by atoms with Crippen molar-refractivity contribution in [2.75, 3.05) is 20.2 Å². The fraction of sp³-hybridized carbons (Fsp3) is 0.462. The van der Waals surface area contributed by atoms with E-state index in [1.54, 1.807) is 13.2 Å². The molecular formula is C26H29ClN2O3. The molecule has 0 unspecified atom stereocenters. The molecule has 168 valence electrons. The van der Waals surface area contributed by atoms with E-state index in [2.05, 4.69) is 11.0 Å². The summed E-state index contributed by atoms with van der Waals surface area (Å²) in [5.74, 6) is -0.0231. The molecule has 0 spiro atoms. The van der Waals surface area contributed by atoms with Crippen LogP contribution in [0, 0.1) is 11.3 Å². The molecule has 1 N–H and O–H groups in total. The van der Waals surface area contributed by atoms with Crippen molar-refractivity contribution in [1.82, 2.24) is 4.90 Å². The zero-order valence-corrected chi connectivity index (χ0v) is 19.1. The highest BCUT2D eigenvalue weighted by atomic mass is 35.5. The van der Waals surface area contributed by atoms with E-state index in [1.165, 1.54) is 0 Å². The smallest absolute Gasteiger partial charge is 0.314 e. The monoisotopic (exact) mass is 452 g/mol. The topological polar surface area (TPSA) is 73.6 Å². The van der Waals surface area contributed by atoms with Gasteiger partial charge in [0, 0.05) is 16.6 Å². The van der Waals surface area contributed by atoms with Gasteiger partial charge in [-0.2, -0.15) is 5.26 Å². The van der Waals surface area contributed by atoms with Crippen LogP contribution in [-0.2, 0) is 15.6 Å². The molecule has 32 heavy (non-hydrogen) atoms. The summed E-state index contributed by atoms with van der Waals surface area (Å²) < 4.78 is 5.54. The number of rotatable bonds is 5. The van der Waals surface area contributed by atoms with Gasteiger partial charge < -0.3 is 14.7 Å². The third-order valence-electron chi connectivity index (χ3n) is 7.60. The van der Waals surface area contributed by atoms with Crippen molar-refractivity contribution >= 4 is 17.6 Å². The molecular weight excluding hydrogens is 424 g/mol. The molecule has 1 saturated heterocycles. The van der Waals surface area contributed by atoms with Gasteiger partial charge in [-0.25, -0.2) is 0 Å². The van der Waals surface area contributed by atoms with Gasteiger partial charge in [-0.05, 0) is 75.4 Å². The lowest BCUT2D eigenvalue weighted by atomic mass is 9.67. The molecule has 4 rings (SSSR count). The zero-order valence-electron chi connectivity index (χ0n) is 18.4. The van der Waals surface area contributed by atoms with Crippen LogP contribution in [0.3, 0.4) is 0 Å². The van der Waals surface area contributed by atoms with E-state index in [0.717, 1.165) is 49.9 Å². The summed E-state index contributed by atoms with van der Waals surface area (Å²) in [5.41, 5.74) is 0.363. The van der Waals surface area contributed by atoms with E-state index in [-0.39, 0.29) is 0 Å². The van der Waals surface area contributed by atoms with Gasteiger partial charge in [0.2, 0.25) is 0 Å². The fourth-order valence-electron chi connectivity index (χ4n) is 5.61. The minimum Gasteiger partial charge on any atom is -0.496 e. The highest BCUT2D eigenvalue weighted by Gasteiger charge is 2.46. The first-order chi connectivity index (χ1) is 15.4. The van der Waals surface area contributed by atoms with Crippen LogP contribution < -0.4 is 4.74 Å². The molecule has 6 heteroatoms. The van der Waals surface area contributed by atoms with Crippen molar-refractivity contribution in [3.63, 3.8) is 0 Å². The lowest BCUT2D eigenvalue weighted by molar-refractivity contribution is -0.146. The summed E-state index contributed by atoms with van der Waals surface area (Å²) in [4.78, 5) is 14.7. The number of nitrogens with zero attached hydrogens (tertiary/aromatic N) is 2. The van der Waals surface area contributed by atoms with Crippen molar-refractivity contribution in [2.45, 2.75) is 55.4 Å². The number of halogens is 1. The van der Waals surface area contributed by atoms with Crippen molar-refractivity contribution in [3.8, 4) is 11.8 Å². The summed E-state index contributed by atoms with van der Waals surface area (Å²) >= 11 is 6.24. The van der Waals surface area contributed by atoms with Crippen LogP contribution in [0.5, 0.6) is 5.75 Å². The number of carboxylic acids is 1. The number of methoxy groups -OCH3 is 1. The average Bonchev–Trinajstić information content (AvgIpc) is 2.84. The van der Waals surface area contributed by atoms with Crippen LogP contribution >= 0.6 is 11.6 Å². The van der Waals surface area contributed by atoms with Gasteiger partial charge in [0.05, 0.1) is 24.0 Å². The quantitative estimate of drug-likeness (QED) is 0.677. The largest absolute Gasteiger partial charge is 0.496 e.